The largest absolute Gasteiger partial charge is 0.390 e. The molecule has 1 unspecified atom stereocenters. The third-order valence-electron chi connectivity index (χ3n) is 2.41. The van der Waals surface area contributed by atoms with Crippen molar-refractivity contribution >= 4 is 0 Å². The molecule has 0 rings (SSSR count). The molecule has 0 bridgehead atoms. The van der Waals surface area contributed by atoms with Crippen molar-refractivity contribution < 1.29 is 9.84 Å². The van der Waals surface area contributed by atoms with Gasteiger partial charge in [0.15, 0.2) is 0 Å². The first-order valence-electron chi connectivity index (χ1n) is 5.73. The Morgan fingerprint density at radius 2 is 1.73 bits per heavy atom. The average Bonchev–Trinajstić information content (AvgIpc) is 2.17. The molecule has 92 valence electrons. The molecular formula is C11H26N2O2. The van der Waals surface area contributed by atoms with Gasteiger partial charge in [0.2, 0.25) is 0 Å². The summed E-state index contributed by atoms with van der Waals surface area (Å²) >= 11 is 0. The third kappa shape index (κ3) is 8.81. The first-order valence-corrected chi connectivity index (χ1v) is 5.73. The molecule has 0 saturated heterocycles. The van der Waals surface area contributed by atoms with Crippen LogP contribution in [0.15, 0.2) is 0 Å². The maximum absolute atomic E-state index is 9.75. The average molecular weight is 218 g/mol. The van der Waals surface area contributed by atoms with E-state index in [2.05, 4.69) is 16.7 Å². The molecule has 0 aliphatic rings. The minimum absolute atomic E-state index is 0.276. The molecule has 0 fully saturated rings. The van der Waals surface area contributed by atoms with Gasteiger partial charge < -0.3 is 19.6 Å². The zero-order valence-corrected chi connectivity index (χ0v) is 10.6. The van der Waals surface area contributed by atoms with E-state index in [1.165, 1.54) is 0 Å². The van der Waals surface area contributed by atoms with E-state index in [-0.39, 0.29) is 6.10 Å². The summed E-state index contributed by atoms with van der Waals surface area (Å²) in [6.07, 6.45) is -0.276. The highest BCUT2D eigenvalue weighted by atomic mass is 16.5. The van der Waals surface area contributed by atoms with Crippen LogP contribution in [0.4, 0.5) is 0 Å². The molecule has 0 aromatic rings. The van der Waals surface area contributed by atoms with Gasteiger partial charge >= 0.3 is 0 Å². The Hall–Kier alpha value is -0.160. The summed E-state index contributed by atoms with van der Waals surface area (Å²) in [6, 6.07) is 0. The van der Waals surface area contributed by atoms with E-state index in [0.717, 1.165) is 32.8 Å². The second-order valence-corrected chi connectivity index (χ2v) is 3.97. The standard InChI is InChI=1S/C11H26N2O2/c1-5-12(3)9-11(14)10-13(4)7-8-15-6-2/h11,14H,5-10H2,1-4H3. The van der Waals surface area contributed by atoms with Crippen LogP contribution in [0.2, 0.25) is 0 Å². The minimum atomic E-state index is -0.276. The fourth-order valence-electron chi connectivity index (χ4n) is 1.36. The Morgan fingerprint density at radius 1 is 1.13 bits per heavy atom. The normalized spacial score (nSPS) is 13.8. The Labute approximate surface area is 93.8 Å². The van der Waals surface area contributed by atoms with E-state index in [0.29, 0.717) is 6.54 Å². The van der Waals surface area contributed by atoms with Gasteiger partial charge in [-0.25, -0.2) is 0 Å². The van der Waals surface area contributed by atoms with Crippen molar-refractivity contribution in [3.05, 3.63) is 0 Å². The maximum atomic E-state index is 9.75. The van der Waals surface area contributed by atoms with Crippen LogP contribution in [0.1, 0.15) is 13.8 Å². The fourth-order valence-corrected chi connectivity index (χ4v) is 1.36. The van der Waals surface area contributed by atoms with Crippen molar-refractivity contribution in [3.63, 3.8) is 0 Å². The fraction of sp³-hybridized carbons (Fsp3) is 1.00. The summed E-state index contributed by atoms with van der Waals surface area (Å²) < 4.78 is 5.25. The highest BCUT2D eigenvalue weighted by Gasteiger charge is 2.09. The number of aliphatic hydroxyl groups excluding tert-OH is 1. The SMILES string of the molecule is CCOCCN(C)CC(O)CN(C)CC. The Kier molecular flexibility index (Phi) is 9.00. The van der Waals surface area contributed by atoms with Gasteiger partial charge in [-0.2, -0.15) is 0 Å². The van der Waals surface area contributed by atoms with Crippen molar-refractivity contribution in [1.29, 1.82) is 0 Å². The van der Waals surface area contributed by atoms with Crippen LogP contribution in [0.5, 0.6) is 0 Å². The number of hydrogen-bond acceptors (Lipinski definition) is 4. The van der Waals surface area contributed by atoms with Gasteiger partial charge in [0.25, 0.3) is 0 Å². The predicted molar refractivity (Wildman–Crippen MR) is 63.2 cm³/mol. The molecule has 1 N–H and O–H groups in total. The lowest BCUT2D eigenvalue weighted by molar-refractivity contribution is 0.0725. The summed E-state index contributed by atoms with van der Waals surface area (Å²) in [7, 11) is 4.03. The molecule has 0 radical (unpaired) electrons. The number of nitrogens with zero attached hydrogens (tertiary/aromatic N) is 2. The maximum Gasteiger partial charge on any atom is 0.0793 e. The highest BCUT2D eigenvalue weighted by molar-refractivity contribution is 4.64. The van der Waals surface area contributed by atoms with Crippen LogP contribution >= 0.6 is 0 Å². The monoisotopic (exact) mass is 218 g/mol. The quantitative estimate of drug-likeness (QED) is 0.564. The lowest BCUT2D eigenvalue weighted by atomic mass is 10.3. The topological polar surface area (TPSA) is 35.9 Å². The minimum Gasteiger partial charge on any atom is -0.390 e. The van der Waals surface area contributed by atoms with Crippen molar-refractivity contribution in [2.75, 3.05) is 53.5 Å². The first-order chi connectivity index (χ1) is 7.10. The Bertz CT molecular complexity index is 145. The molecule has 0 amide bonds. The number of likely N-dealkylation sites (N-methyl/N-ethyl adjacent to an activating group) is 2. The van der Waals surface area contributed by atoms with E-state index in [4.69, 9.17) is 4.74 Å². The Morgan fingerprint density at radius 3 is 2.27 bits per heavy atom. The molecule has 0 spiro atoms. The van der Waals surface area contributed by atoms with Gasteiger partial charge in [-0.15, -0.1) is 0 Å². The zero-order valence-electron chi connectivity index (χ0n) is 10.6. The molecule has 1 atom stereocenters. The molecule has 0 aromatic heterocycles. The van der Waals surface area contributed by atoms with Gasteiger partial charge in [-0.1, -0.05) is 6.92 Å². The molecule has 4 nitrogen and oxygen atoms in total. The van der Waals surface area contributed by atoms with Crippen LogP contribution in [-0.2, 0) is 4.74 Å². The molecule has 4 heteroatoms. The first kappa shape index (κ1) is 14.8. The Balaban J connectivity index is 3.52. The van der Waals surface area contributed by atoms with Crippen molar-refractivity contribution in [3.8, 4) is 0 Å². The van der Waals surface area contributed by atoms with Crippen LogP contribution in [0.25, 0.3) is 0 Å². The predicted octanol–water partition coefficient (Wildman–Crippen LogP) is 0.267. The smallest absolute Gasteiger partial charge is 0.0793 e. The highest BCUT2D eigenvalue weighted by Crippen LogP contribution is 1.93. The number of rotatable bonds is 9. The van der Waals surface area contributed by atoms with E-state index in [1.807, 2.05) is 21.0 Å². The molecular weight excluding hydrogens is 192 g/mol. The number of ether oxygens (including phenoxy) is 1. The van der Waals surface area contributed by atoms with Crippen LogP contribution in [0, 0.1) is 0 Å². The lowest BCUT2D eigenvalue weighted by Crippen LogP contribution is -2.38. The molecule has 15 heavy (non-hydrogen) atoms. The molecule has 0 aliphatic heterocycles. The summed E-state index contributed by atoms with van der Waals surface area (Å²) in [5.41, 5.74) is 0. The van der Waals surface area contributed by atoms with Crippen LogP contribution < -0.4 is 0 Å². The van der Waals surface area contributed by atoms with E-state index in [1.54, 1.807) is 0 Å². The second kappa shape index (κ2) is 9.09. The zero-order chi connectivity index (χ0) is 11.7. The lowest BCUT2D eigenvalue weighted by Gasteiger charge is -2.23. The van der Waals surface area contributed by atoms with E-state index in [9.17, 15) is 5.11 Å². The third-order valence-corrected chi connectivity index (χ3v) is 2.41. The van der Waals surface area contributed by atoms with Gasteiger partial charge in [0.05, 0.1) is 12.7 Å². The van der Waals surface area contributed by atoms with Gasteiger partial charge in [0.1, 0.15) is 0 Å². The van der Waals surface area contributed by atoms with Crippen molar-refractivity contribution in [1.82, 2.24) is 9.80 Å². The van der Waals surface area contributed by atoms with Crippen molar-refractivity contribution in [2.24, 2.45) is 0 Å². The summed E-state index contributed by atoms with van der Waals surface area (Å²) in [5, 5.41) is 9.75. The number of aliphatic hydroxyl groups is 1. The van der Waals surface area contributed by atoms with Gasteiger partial charge in [0, 0.05) is 26.2 Å². The summed E-state index contributed by atoms with van der Waals surface area (Å²) in [4.78, 5) is 4.21. The summed E-state index contributed by atoms with van der Waals surface area (Å²) in [6.45, 7) is 8.86. The molecule has 0 aromatic carbocycles. The number of hydrogen-bond donors (Lipinski definition) is 1. The van der Waals surface area contributed by atoms with Crippen LogP contribution in [0.3, 0.4) is 0 Å². The van der Waals surface area contributed by atoms with Crippen molar-refractivity contribution in [2.45, 2.75) is 20.0 Å². The van der Waals surface area contributed by atoms with E-state index < -0.39 is 0 Å². The van der Waals surface area contributed by atoms with E-state index >= 15 is 0 Å². The summed E-state index contributed by atoms with van der Waals surface area (Å²) in [5.74, 6) is 0. The van der Waals surface area contributed by atoms with Gasteiger partial charge in [-0.3, -0.25) is 0 Å². The molecule has 0 aliphatic carbocycles. The van der Waals surface area contributed by atoms with Gasteiger partial charge in [-0.05, 0) is 27.6 Å². The second-order valence-electron chi connectivity index (χ2n) is 3.97. The molecule has 0 heterocycles. The van der Waals surface area contributed by atoms with Crippen LogP contribution in [-0.4, -0.2) is 74.5 Å². The molecule has 0 saturated carbocycles.